The van der Waals surface area contributed by atoms with E-state index in [-0.39, 0.29) is 77.5 Å². The third-order valence-corrected chi connectivity index (χ3v) is 8.63. The van der Waals surface area contributed by atoms with Gasteiger partial charge in [-0.2, -0.15) is 36.4 Å². The number of rotatable bonds is 7. The fourth-order valence-corrected chi connectivity index (χ4v) is 6.00. The second kappa shape index (κ2) is 27.4. The van der Waals surface area contributed by atoms with Crippen LogP contribution in [0.15, 0.2) is 60.7 Å². The molecule has 1 N–H and O–H groups in total. The van der Waals surface area contributed by atoms with Crippen LogP contribution in [0.5, 0.6) is 0 Å². The predicted octanol–water partition coefficient (Wildman–Crippen LogP) is 6.37. The second-order valence-corrected chi connectivity index (χ2v) is 15.8. The van der Waals surface area contributed by atoms with Crippen LogP contribution in [0, 0.1) is 6.07 Å². The molecule has 0 saturated carbocycles. The number of nitrogens with zero attached hydrogens (tertiary/aromatic N) is 2. The van der Waals surface area contributed by atoms with E-state index in [0.717, 1.165) is 70.4 Å². The Bertz CT molecular complexity index is 1250. The Balaban J connectivity index is 0. The van der Waals surface area contributed by atoms with Gasteiger partial charge in [-0.25, -0.2) is 9.59 Å². The van der Waals surface area contributed by atoms with Crippen LogP contribution < -0.4 is 17.0 Å². The Hall–Kier alpha value is -2.18. The Morgan fingerprint density at radius 3 is 1.56 bits per heavy atom. The monoisotopic (exact) mass is 828 g/mol. The molecule has 54 heavy (non-hydrogen) atoms. The normalized spacial score (nSPS) is 18.5. The van der Waals surface area contributed by atoms with Gasteiger partial charge < -0.3 is 50.9 Å². The minimum Gasteiger partial charge on any atom is -1.00 e. The molecule has 3 heterocycles. The number of Topliss-reactive ketones (excluding diaryl/α,β-unsaturated/α-hetero) is 1. The zero-order chi connectivity index (χ0) is 37.9. The molecule has 0 aromatic heterocycles. The van der Waals surface area contributed by atoms with E-state index in [9.17, 15) is 19.5 Å². The molecule has 0 aliphatic carbocycles. The van der Waals surface area contributed by atoms with Crippen molar-refractivity contribution >= 4 is 41.0 Å². The zero-order valence-electron chi connectivity index (χ0n) is 33.7. The van der Waals surface area contributed by atoms with Crippen molar-refractivity contribution in [1.29, 1.82) is 0 Å². The number of ether oxygens (including phenoxy) is 3. The van der Waals surface area contributed by atoms with E-state index in [1.54, 1.807) is 11.8 Å². The molecule has 3 saturated heterocycles. The molecule has 3 atom stereocenters. The largest absolute Gasteiger partial charge is 2.00 e. The van der Waals surface area contributed by atoms with Gasteiger partial charge >= 0.3 is 35.2 Å². The van der Waals surface area contributed by atoms with Gasteiger partial charge in [-0.3, -0.25) is 0 Å². The van der Waals surface area contributed by atoms with Gasteiger partial charge in [0.1, 0.15) is 17.0 Å². The van der Waals surface area contributed by atoms with Gasteiger partial charge in [0, 0.05) is 44.8 Å². The molecule has 2 amide bonds. The summed E-state index contributed by atoms with van der Waals surface area (Å²) in [5.74, 6) is 0.182. The average molecular weight is 830 g/mol. The van der Waals surface area contributed by atoms with E-state index in [0.29, 0.717) is 12.8 Å². The van der Waals surface area contributed by atoms with Crippen LogP contribution in [-0.2, 0) is 24.6 Å². The van der Waals surface area contributed by atoms with Gasteiger partial charge in [-0.15, -0.1) is 0 Å². The molecular formula is C43H69BrMgN2O7. The number of ketones is 1. The maximum atomic E-state index is 12.3. The molecule has 302 valence electrons. The first-order valence-corrected chi connectivity index (χ1v) is 18.7. The Morgan fingerprint density at radius 2 is 1.20 bits per heavy atom. The average Bonchev–Trinajstić information content (AvgIpc) is 3.87. The van der Waals surface area contributed by atoms with Crippen molar-refractivity contribution in [2.75, 3.05) is 26.3 Å². The number of amides is 2. The summed E-state index contributed by atoms with van der Waals surface area (Å²) in [4.78, 5) is 38.8. The summed E-state index contributed by atoms with van der Waals surface area (Å²) in [5.41, 5.74) is -0.879. The van der Waals surface area contributed by atoms with Gasteiger partial charge in [-0.1, -0.05) is 37.8 Å². The predicted molar refractivity (Wildman–Crippen MR) is 215 cm³/mol. The van der Waals surface area contributed by atoms with Crippen LogP contribution in [0.4, 0.5) is 9.59 Å². The maximum absolute atomic E-state index is 12.3. The summed E-state index contributed by atoms with van der Waals surface area (Å²) in [7, 11) is 0. The summed E-state index contributed by atoms with van der Waals surface area (Å²) in [6, 6.07) is 22.5. The minimum absolute atomic E-state index is 0. The summed E-state index contributed by atoms with van der Waals surface area (Å²) in [5, 5.41) is 10.7. The van der Waals surface area contributed by atoms with Crippen LogP contribution >= 0.6 is 0 Å². The number of carbonyl (C=O) groups excluding carboxylic acids is 3. The molecule has 2 aromatic carbocycles. The number of carbonyl (C=O) groups is 3. The topological polar surface area (TPSA) is 106 Å². The van der Waals surface area contributed by atoms with Crippen LogP contribution in [0.2, 0.25) is 0 Å². The number of likely N-dealkylation sites (tertiary alicyclic amines) is 2. The third kappa shape index (κ3) is 23.0. The van der Waals surface area contributed by atoms with E-state index in [2.05, 4.69) is 6.07 Å². The van der Waals surface area contributed by atoms with Gasteiger partial charge in [0.2, 0.25) is 0 Å². The number of aliphatic hydroxyl groups is 1. The quantitative estimate of drug-likeness (QED) is 0.256. The fourth-order valence-electron chi connectivity index (χ4n) is 6.00. The SMILES string of the molecule is C.C1CCOC1.CC(=O)CC[C@@H]1CCCN1C(=O)OC(C)(C)C.CC(C)(C)OC(=O)N1CCC[C@H]1CCC(C)(O)c1ccccc1.[Br-].[Mg+2].[c-]1ccccc1. The first-order chi connectivity index (χ1) is 24.0. The summed E-state index contributed by atoms with van der Waals surface area (Å²) >= 11 is 0. The molecular weight excluding hydrogens is 761 g/mol. The van der Waals surface area contributed by atoms with Gasteiger partial charge in [0.05, 0.1) is 5.60 Å². The Labute approximate surface area is 354 Å². The van der Waals surface area contributed by atoms with E-state index < -0.39 is 16.8 Å². The molecule has 9 nitrogen and oxygen atoms in total. The molecule has 5 rings (SSSR count). The summed E-state index contributed by atoms with van der Waals surface area (Å²) < 4.78 is 15.8. The molecule has 0 spiro atoms. The van der Waals surface area contributed by atoms with Crippen LogP contribution in [0.3, 0.4) is 0 Å². The van der Waals surface area contributed by atoms with Crippen molar-refractivity contribution in [3.8, 4) is 0 Å². The summed E-state index contributed by atoms with van der Waals surface area (Å²) in [6.45, 7) is 18.2. The fraction of sp³-hybridized carbons (Fsp3) is 0.651. The van der Waals surface area contributed by atoms with Crippen molar-refractivity contribution in [3.63, 3.8) is 0 Å². The molecule has 0 radical (unpaired) electrons. The second-order valence-electron chi connectivity index (χ2n) is 15.8. The molecule has 0 bridgehead atoms. The maximum Gasteiger partial charge on any atom is 2.00 e. The number of benzene rings is 2. The molecule has 11 heteroatoms. The molecule has 2 aromatic rings. The van der Waals surface area contributed by atoms with Crippen LogP contribution in [0.25, 0.3) is 0 Å². The molecule has 3 aliphatic rings. The van der Waals surface area contributed by atoms with E-state index in [4.69, 9.17) is 14.2 Å². The number of halogens is 1. The minimum atomic E-state index is -0.872. The first-order valence-electron chi connectivity index (χ1n) is 18.7. The summed E-state index contributed by atoms with van der Waals surface area (Å²) in [6.07, 6.45) is 8.74. The number of hydrogen-bond acceptors (Lipinski definition) is 7. The molecule has 1 unspecified atom stereocenters. The molecule has 3 fully saturated rings. The van der Waals surface area contributed by atoms with Gasteiger partial charge in [-0.05, 0) is 119 Å². The van der Waals surface area contributed by atoms with E-state index >= 15 is 0 Å². The molecule has 3 aliphatic heterocycles. The van der Waals surface area contributed by atoms with Crippen molar-refractivity contribution in [1.82, 2.24) is 9.80 Å². The Kier molecular flexibility index (Phi) is 27.4. The number of hydrogen-bond donors (Lipinski definition) is 1. The smallest absolute Gasteiger partial charge is 1.00 e. The zero-order valence-corrected chi connectivity index (χ0v) is 36.7. The van der Waals surface area contributed by atoms with Crippen molar-refractivity contribution in [2.45, 2.75) is 156 Å². The van der Waals surface area contributed by atoms with E-state index in [1.807, 2.05) is 114 Å². The third-order valence-electron chi connectivity index (χ3n) is 8.63. The standard InChI is InChI=1S/C19H29NO3.C13H23NO3.C6H5.C4H8O.CH4.BrH.Mg/c1-18(2,3)23-17(21)20-14-8-11-16(20)12-13-19(4,22)15-9-6-5-7-10-15;1-10(15)7-8-11-6-5-9-14(11)12(16)17-13(2,3)4;1-2-4-6-5-3-1;1-2-4-5-3-1;;;/h5-7,9-10,16,22H,8,11-14H2,1-4H3;11H,5-9H2,1-4H3;1-5H;1-4H2;1H4;1H;/q;;-1;;;;+2/p-1/t16-,19?;11-;;;;;/m00...../s1. The van der Waals surface area contributed by atoms with Crippen molar-refractivity contribution < 1.29 is 50.7 Å². The van der Waals surface area contributed by atoms with E-state index in [1.165, 1.54) is 12.8 Å². The Morgan fingerprint density at radius 1 is 0.759 bits per heavy atom. The van der Waals surface area contributed by atoms with Crippen molar-refractivity contribution in [2.24, 2.45) is 0 Å². The van der Waals surface area contributed by atoms with Gasteiger partial charge in [0.25, 0.3) is 0 Å². The van der Waals surface area contributed by atoms with Crippen LogP contribution in [-0.4, -0.2) is 106 Å². The van der Waals surface area contributed by atoms with Crippen LogP contribution in [0.1, 0.15) is 133 Å². The first kappa shape index (κ1) is 53.9. The van der Waals surface area contributed by atoms with Gasteiger partial charge in [0.15, 0.2) is 0 Å². The van der Waals surface area contributed by atoms with Crippen molar-refractivity contribution in [3.05, 3.63) is 72.3 Å².